The van der Waals surface area contributed by atoms with Gasteiger partial charge < -0.3 is 5.11 Å². The fraction of sp³-hybridized carbons (Fsp3) is 0.160. The van der Waals surface area contributed by atoms with Gasteiger partial charge in [0.25, 0.3) is 0 Å². The largest absolute Gasteiger partial charge is 0.480 e. The van der Waals surface area contributed by atoms with Crippen molar-refractivity contribution >= 4 is 35.1 Å². The monoisotopic (exact) mass is 429 g/mol. The van der Waals surface area contributed by atoms with Crippen molar-refractivity contribution in [1.82, 2.24) is 0 Å². The van der Waals surface area contributed by atoms with E-state index in [9.17, 15) is 19.5 Å². The number of benzene rings is 3. The molecule has 0 unspecified atom stereocenters. The number of amides is 2. The highest BCUT2D eigenvalue weighted by atomic mass is 35.5. The van der Waals surface area contributed by atoms with Crippen LogP contribution in [0.2, 0.25) is 5.02 Å². The second kappa shape index (κ2) is 6.05. The Balaban J connectivity index is 1.68. The first-order chi connectivity index (χ1) is 15.0. The third kappa shape index (κ3) is 2.04. The zero-order chi connectivity index (χ0) is 21.5. The molecule has 1 N–H and O–H groups in total. The van der Waals surface area contributed by atoms with Crippen molar-refractivity contribution in [3.63, 3.8) is 0 Å². The number of imide groups is 1. The molecule has 3 aliphatic carbocycles. The van der Waals surface area contributed by atoms with E-state index >= 15 is 0 Å². The van der Waals surface area contributed by atoms with Gasteiger partial charge in [0.1, 0.15) is 5.41 Å². The molecule has 6 heteroatoms. The van der Waals surface area contributed by atoms with Crippen LogP contribution in [0.25, 0.3) is 0 Å². The molecular formula is C25H16ClNO4. The van der Waals surface area contributed by atoms with Gasteiger partial charge in [0, 0.05) is 10.9 Å². The summed E-state index contributed by atoms with van der Waals surface area (Å²) in [5.74, 6) is -4.17. The summed E-state index contributed by atoms with van der Waals surface area (Å²) in [4.78, 5) is 41.7. The molecule has 4 aliphatic rings. The van der Waals surface area contributed by atoms with Crippen molar-refractivity contribution in [3.05, 3.63) is 100 Å². The van der Waals surface area contributed by atoms with Gasteiger partial charge >= 0.3 is 5.97 Å². The predicted molar refractivity (Wildman–Crippen MR) is 114 cm³/mol. The quantitative estimate of drug-likeness (QED) is 0.625. The summed E-state index contributed by atoms with van der Waals surface area (Å²) in [6.45, 7) is 0. The van der Waals surface area contributed by atoms with Crippen LogP contribution < -0.4 is 4.90 Å². The molecule has 1 fully saturated rings. The Kier molecular flexibility index (Phi) is 3.58. The summed E-state index contributed by atoms with van der Waals surface area (Å²) in [6.07, 6.45) is 0. The van der Waals surface area contributed by atoms with E-state index in [1.54, 1.807) is 48.5 Å². The number of hydrogen-bond acceptors (Lipinski definition) is 3. The van der Waals surface area contributed by atoms with Crippen LogP contribution >= 0.6 is 11.6 Å². The van der Waals surface area contributed by atoms with Crippen molar-refractivity contribution in [2.45, 2.75) is 11.3 Å². The number of carbonyl (C=O) groups is 3. The van der Waals surface area contributed by atoms with E-state index in [0.717, 1.165) is 16.0 Å². The number of anilines is 1. The number of aliphatic carboxylic acids is 1. The predicted octanol–water partition coefficient (Wildman–Crippen LogP) is 3.98. The van der Waals surface area contributed by atoms with Gasteiger partial charge in [-0.3, -0.25) is 14.4 Å². The van der Waals surface area contributed by atoms with Gasteiger partial charge in [0.15, 0.2) is 0 Å². The Morgan fingerprint density at radius 2 is 1.48 bits per heavy atom. The van der Waals surface area contributed by atoms with Gasteiger partial charge in [-0.15, -0.1) is 0 Å². The third-order valence-electron chi connectivity index (χ3n) is 7.02. The average Bonchev–Trinajstić information content (AvgIpc) is 3.04. The van der Waals surface area contributed by atoms with Crippen molar-refractivity contribution in [2.75, 3.05) is 4.90 Å². The van der Waals surface area contributed by atoms with Gasteiger partial charge in [-0.05, 0) is 40.5 Å². The normalized spacial score (nSPS) is 27.6. The zero-order valence-corrected chi connectivity index (χ0v) is 16.9. The number of carboxylic acid groups (broad SMARTS) is 1. The van der Waals surface area contributed by atoms with E-state index in [-0.39, 0.29) is 11.8 Å². The van der Waals surface area contributed by atoms with E-state index in [1.165, 1.54) is 0 Å². The third-order valence-corrected chi connectivity index (χ3v) is 7.26. The minimum atomic E-state index is -1.62. The van der Waals surface area contributed by atoms with Crippen LogP contribution in [0.1, 0.15) is 28.2 Å². The number of nitrogens with zero attached hydrogens (tertiary/aromatic N) is 1. The minimum absolute atomic E-state index is 0.366. The number of rotatable bonds is 2. The molecule has 2 bridgehead atoms. The Bertz CT molecular complexity index is 1270. The fourth-order valence-corrected chi connectivity index (χ4v) is 6.19. The molecule has 0 radical (unpaired) electrons. The molecule has 2 atom stereocenters. The Morgan fingerprint density at radius 1 is 0.871 bits per heavy atom. The van der Waals surface area contributed by atoms with Crippen LogP contribution in [-0.4, -0.2) is 22.9 Å². The molecule has 5 nitrogen and oxygen atoms in total. The first-order valence-electron chi connectivity index (χ1n) is 10.0. The van der Waals surface area contributed by atoms with Gasteiger partial charge in [-0.25, -0.2) is 4.90 Å². The standard InChI is InChI=1S/C25H16ClNO4/c26-13-6-5-7-14(12-13)27-22(28)20-19-15-8-1-3-10-17(15)25(24(30)31,21(20)23(27)29)18-11-4-2-9-16(18)19/h1-12,19-21H,(H,30,31)/t19?,20-,21+,25?/m0/s1. The Labute approximate surface area is 182 Å². The molecule has 2 amide bonds. The molecule has 1 heterocycles. The highest BCUT2D eigenvalue weighted by molar-refractivity contribution is 6.31. The Morgan fingerprint density at radius 3 is 2.06 bits per heavy atom. The Hall–Kier alpha value is -3.44. The summed E-state index contributed by atoms with van der Waals surface area (Å²) in [7, 11) is 0. The van der Waals surface area contributed by atoms with Gasteiger partial charge in [-0.1, -0.05) is 66.2 Å². The summed E-state index contributed by atoms with van der Waals surface area (Å²) < 4.78 is 0. The molecule has 152 valence electrons. The van der Waals surface area contributed by atoms with Crippen molar-refractivity contribution < 1.29 is 19.5 Å². The highest BCUT2D eigenvalue weighted by Crippen LogP contribution is 2.64. The minimum Gasteiger partial charge on any atom is -0.480 e. The van der Waals surface area contributed by atoms with E-state index < -0.39 is 29.1 Å². The lowest BCUT2D eigenvalue weighted by atomic mass is 9.47. The van der Waals surface area contributed by atoms with Crippen molar-refractivity contribution in [1.29, 1.82) is 0 Å². The molecule has 31 heavy (non-hydrogen) atoms. The van der Waals surface area contributed by atoms with Crippen LogP contribution in [0, 0.1) is 11.8 Å². The first-order valence-corrected chi connectivity index (χ1v) is 10.4. The van der Waals surface area contributed by atoms with Crippen LogP contribution in [0.15, 0.2) is 72.8 Å². The molecule has 3 aromatic rings. The van der Waals surface area contributed by atoms with Gasteiger partial charge in [-0.2, -0.15) is 0 Å². The molecule has 0 aromatic heterocycles. The number of hydrogen-bond donors (Lipinski definition) is 1. The van der Waals surface area contributed by atoms with Crippen LogP contribution in [-0.2, 0) is 19.8 Å². The maximum Gasteiger partial charge on any atom is 0.319 e. The van der Waals surface area contributed by atoms with E-state index in [2.05, 4.69) is 0 Å². The zero-order valence-electron chi connectivity index (χ0n) is 16.2. The van der Waals surface area contributed by atoms with Crippen LogP contribution in [0.4, 0.5) is 5.69 Å². The second-order valence-electron chi connectivity index (χ2n) is 8.26. The lowest BCUT2D eigenvalue weighted by Crippen LogP contribution is -2.57. The van der Waals surface area contributed by atoms with Crippen molar-refractivity contribution in [3.8, 4) is 0 Å². The van der Waals surface area contributed by atoms with E-state index in [4.69, 9.17) is 11.6 Å². The summed E-state index contributed by atoms with van der Waals surface area (Å²) in [5, 5.41) is 11.1. The number of carboxylic acids is 1. The van der Waals surface area contributed by atoms with Gasteiger partial charge in [0.2, 0.25) is 11.8 Å². The van der Waals surface area contributed by atoms with Crippen LogP contribution in [0.5, 0.6) is 0 Å². The SMILES string of the molecule is O=C1[C@H]2C3c4ccccc4C(C(=O)O)(c4ccccc43)[C@H]2C(=O)N1c1cccc(Cl)c1. The first kappa shape index (κ1) is 18.3. The van der Waals surface area contributed by atoms with Crippen molar-refractivity contribution in [2.24, 2.45) is 11.8 Å². The molecule has 1 saturated heterocycles. The molecule has 7 rings (SSSR count). The summed E-state index contributed by atoms with van der Waals surface area (Å²) in [6, 6.07) is 21.1. The van der Waals surface area contributed by atoms with E-state index in [1.807, 2.05) is 24.3 Å². The second-order valence-corrected chi connectivity index (χ2v) is 8.70. The average molecular weight is 430 g/mol. The lowest BCUT2D eigenvalue weighted by molar-refractivity contribution is -0.149. The summed E-state index contributed by atoms with van der Waals surface area (Å²) >= 11 is 6.12. The maximum absolute atomic E-state index is 13.8. The lowest BCUT2D eigenvalue weighted by Gasteiger charge is -2.51. The number of carbonyl (C=O) groups excluding carboxylic acids is 2. The fourth-order valence-electron chi connectivity index (χ4n) is 6.00. The smallest absolute Gasteiger partial charge is 0.319 e. The molecule has 0 spiro atoms. The molecular weight excluding hydrogens is 414 g/mol. The highest BCUT2D eigenvalue weighted by Gasteiger charge is 2.71. The molecule has 1 aliphatic heterocycles. The van der Waals surface area contributed by atoms with Crippen LogP contribution in [0.3, 0.4) is 0 Å². The molecule has 3 aromatic carbocycles. The number of halogens is 1. The van der Waals surface area contributed by atoms with E-state index in [0.29, 0.717) is 21.8 Å². The maximum atomic E-state index is 13.8. The summed E-state index contributed by atoms with van der Waals surface area (Å²) in [5.41, 5.74) is 1.55. The molecule has 0 saturated carbocycles. The van der Waals surface area contributed by atoms with Gasteiger partial charge in [0.05, 0.1) is 17.5 Å². The topological polar surface area (TPSA) is 74.7 Å².